The first-order valence-electron chi connectivity index (χ1n) is 8.85. The number of amides is 2. The minimum absolute atomic E-state index is 0.0218. The lowest BCUT2D eigenvalue weighted by Gasteiger charge is -2.28. The maximum atomic E-state index is 13.4. The molecule has 2 amide bonds. The molecule has 0 radical (unpaired) electrons. The van der Waals surface area contributed by atoms with E-state index in [4.69, 9.17) is 4.42 Å². The maximum Gasteiger partial charge on any atom is 0.293 e. The molecule has 140 valence electrons. The van der Waals surface area contributed by atoms with Gasteiger partial charge in [-0.3, -0.25) is 14.5 Å². The SMILES string of the molecule is O=C1S/C(=C\c2ccc(-c3ccc(F)c(F)c3)o2)C(=O)N1C1CCCCC1. The van der Waals surface area contributed by atoms with E-state index in [2.05, 4.69) is 0 Å². The fourth-order valence-corrected chi connectivity index (χ4v) is 4.38. The average Bonchev–Trinajstić information content (AvgIpc) is 3.23. The second-order valence-corrected chi connectivity index (χ2v) is 7.67. The van der Waals surface area contributed by atoms with Crippen LogP contribution in [0.2, 0.25) is 0 Å². The van der Waals surface area contributed by atoms with E-state index in [1.54, 1.807) is 12.1 Å². The van der Waals surface area contributed by atoms with Crippen LogP contribution in [-0.4, -0.2) is 22.1 Å². The first-order chi connectivity index (χ1) is 13.0. The van der Waals surface area contributed by atoms with Gasteiger partial charge in [-0.25, -0.2) is 8.78 Å². The molecule has 4 nitrogen and oxygen atoms in total. The molecule has 0 atom stereocenters. The number of carbonyl (C=O) groups is 2. The molecule has 0 bridgehead atoms. The van der Waals surface area contributed by atoms with E-state index in [0.29, 0.717) is 22.0 Å². The van der Waals surface area contributed by atoms with Gasteiger partial charge in [0, 0.05) is 17.7 Å². The van der Waals surface area contributed by atoms with Gasteiger partial charge in [0.15, 0.2) is 11.6 Å². The highest BCUT2D eigenvalue weighted by Crippen LogP contribution is 2.37. The van der Waals surface area contributed by atoms with Gasteiger partial charge in [-0.05, 0) is 54.9 Å². The largest absolute Gasteiger partial charge is 0.457 e. The topological polar surface area (TPSA) is 50.5 Å². The van der Waals surface area contributed by atoms with Gasteiger partial charge < -0.3 is 4.42 Å². The molecular weight excluding hydrogens is 372 g/mol. The summed E-state index contributed by atoms with van der Waals surface area (Å²) in [4.78, 5) is 26.6. The van der Waals surface area contributed by atoms with Crippen LogP contribution in [0.25, 0.3) is 17.4 Å². The first kappa shape index (κ1) is 18.0. The van der Waals surface area contributed by atoms with Crippen LogP contribution in [0.5, 0.6) is 0 Å². The molecule has 1 saturated heterocycles. The van der Waals surface area contributed by atoms with Crippen molar-refractivity contribution in [3.05, 3.63) is 52.6 Å². The third-order valence-electron chi connectivity index (χ3n) is 4.87. The highest BCUT2D eigenvalue weighted by molar-refractivity contribution is 8.18. The lowest BCUT2D eigenvalue weighted by Crippen LogP contribution is -2.39. The third-order valence-corrected chi connectivity index (χ3v) is 5.75. The van der Waals surface area contributed by atoms with E-state index in [9.17, 15) is 18.4 Å². The molecular formula is C20H17F2NO3S. The molecule has 0 unspecified atom stereocenters. The lowest BCUT2D eigenvalue weighted by atomic mass is 9.94. The quantitative estimate of drug-likeness (QED) is 0.642. The summed E-state index contributed by atoms with van der Waals surface area (Å²) >= 11 is 0.909. The van der Waals surface area contributed by atoms with Crippen LogP contribution < -0.4 is 0 Å². The number of imide groups is 1. The van der Waals surface area contributed by atoms with Gasteiger partial charge in [-0.15, -0.1) is 0 Å². The van der Waals surface area contributed by atoms with Gasteiger partial charge in [-0.1, -0.05) is 19.3 Å². The summed E-state index contributed by atoms with van der Waals surface area (Å²) in [6, 6.07) is 6.72. The highest BCUT2D eigenvalue weighted by atomic mass is 32.2. The van der Waals surface area contributed by atoms with Gasteiger partial charge in [-0.2, -0.15) is 0 Å². The van der Waals surface area contributed by atoms with Crippen LogP contribution >= 0.6 is 11.8 Å². The number of benzene rings is 1. The zero-order chi connectivity index (χ0) is 19.0. The van der Waals surface area contributed by atoms with Crippen LogP contribution in [0, 0.1) is 11.6 Å². The number of furan rings is 1. The Hall–Kier alpha value is -2.41. The normalized spacial score (nSPS) is 20.1. The van der Waals surface area contributed by atoms with Crippen LogP contribution in [0.15, 0.2) is 39.7 Å². The van der Waals surface area contributed by atoms with E-state index in [1.807, 2.05) is 0 Å². The molecule has 2 aliphatic rings. The van der Waals surface area contributed by atoms with E-state index in [1.165, 1.54) is 17.0 Å². The molecule has 1 aromatic heterocycles. The van der Waals surface area contributed by atoms with E-state index in [-0.39, 0.29) is 17.2 Å². The van der Waals surface area contributed by atoms with Gasteiger partial charge in [0.25, 0.3) is 11.1 Å². The van der Waals surface area contributed by atoms with Crippen LogP contribution in [0.3, 0.4) is 0 Å². The molecule has 1 aliphatic carbocycles. The van der Waals surface area contributed by atoms with Crippen molar-refractivity contribution in [1.29, 1.82) is 0 Å². The molecule has 4 rings (SSSR count). The smallest absolute Gasteiger partial charge is 0.293 e. The van der Waals surface area contributed by atoms with Crippen LogP contribution in [-0.2, 0) is 4.79 Å². The minimum atomic E-state index is -0.959. The molecule has 2 aromatic rings. The monoisotopic (exact) mass is 389 g/mol. The van der Waals surface area contributed by atoms with Gasteiger partial charge >= 0.3 is 0 Å². The zero-order valence-corrected chi connectivity index (χ0v) is 15.2. The highest BCUT2D eigenvalue weighted by Gasteiger charge is 2.40. The fourth-order valence-electron chi connectivity index (χ4n) is 3.50. The van der Waals surface area contributed by atoms with Crippen molar-refractivity contribution in [3.63, 3.8) is 0 Å². The molecule has 27 heavy (non-hydrogen) atoms. The van der Waals surface area contributed by atoms with Gasteiger partial charge in [0.05, 0.1) is 4.91 Å². The Bertz CT molecular complexity index is 931. The molecule has 1 aromatic carbocycles. The second-order valence-electron chi connectivity index (χ2n) is 6.67. The van der Waals surface area contributed by atoms with E-state index >= 15 is 0 Å². The van der Waals surface area contributed by atoms with Crippen LogP contribution in [0.1, 0.15) is 37.9 Å². The Labute approximate surface area is 159 Å². The number of rotatable bonds is 3. The number of nitrogens with zero attached hydrogens (tertiary/aromatic N) is 1. The molecule has 0 N–H and O–H groups in total. The molecule has 2 heterocycles. The van der Waals surface area contributed by atoms with Crippen molar-refractivity contribution >= 4 is 29.0 Å². The van der Waals surface area contributed by atoms with Gasteiger partial charge in [0.1, 0.15) is 11.5 Å². The van der Waals surface area contributed by atoms with Crippen molar-refractivity contribution in [3.8, 4) is 11.3 Å². The molecule has 2 fully saturated rings. The standard InChI is InChI=1S/C20H17F2NO3S/c21-15-8-6-12(10-16(15)22)17-9-7-14(26-17)11-18-19(24)23(20(25)27-18)13-4-2-1-3-5-13/h6-11,13H,1-5H2/b18-11-. The molecule has 0 spiro atoms. The Balaban J connectivity index is 1.55. The van der Waals surface area contributed by atoms with Crippen molar-refractivity contribution in [2.75, 3.05) is 0 Å². The van der Waals surface area contributed by atoms with Crippen molar-refractivity contribution in [2.45, 2.75) is 38.1 Å². The van der Waals surface area contributed by atoms with Crippen molar-refractivity contribution in [1.82, 2.24) is 4.90 Å². The summed E-state index contributed by atoms with van der Waals surface area (Å²) in [6.45, 7) is 0. The Morgan fingerprint density at radius 2 is 1.81 bits per heavy atom. The summed E-state index contributed by atoms with van der Waals surface area (Å²) in [5.74, 6) is -1.45. The summed E-state index contributed by atoms with van der Waals surface area (Å²) in [5.41, 5.74) is 0.392. The Morgan fingerprint density at radius 3 is 2.56 bits per heavy atom. The molecule has 7 heteroatoms. The Morgan fingerprint density at radius 1 is 1.04 bits per heavy atom. The van der Waals surface area contributed by atoms with E-state index < -0.39 is 11.6 Å². The first-order valence-corrected chi connectivity index (χ1v) is 9.67. The molecule has 1 saturated carbocycles. The van der Waals surface area contributed by atoms with Gasteiger partial charge in [0.2, 0.25) is 0 Å². The third kappa shape index (κ3) is 3.56. The number of hydrogen-bond donors (Lipinski definition) is 0. The number of thioether (sulfide) groups is 1. The summed E-state index contributed by atoms with van der Waals surface area (Å²) in [7, 11) is 0. The summed E-state index contributed by atoms with van der Waals surface area (Å²) in [5, 5.41) is -0.245. The minimum Gasteiger partial charge on any atom is -0.457 e. The molecule has 1 aliphatic heterocycles. The van der Waals surface area contributed by atoms with Crippen molar-refractivity contribution in [2.24, 2.45) is 0 Å². The lowest BCUT2D eigenvalue weighted by molar-refractivity contribution is -0.124. The fraction of sp³-hybridized carbons (Fsp3) is 0.300. The van der Waals surface area contributed by atoms with E-state index in [0.717, 1.165) is 56.0 Å². The average molecular weight is 389 g/mol. The number of carbonyl (C=O) groups excluding carboxylic acids is 2. The maximum absolute atomic E-state index is 13.4. The zero-order valence-electron chi connectivity index (χ0n) is 14.4. The van der Waals surface area contributed by atoms with Crippen LogP contribution in [0.4, 0.5) is 13.6 Å². The summed E-state index contributed by atoms with van der Waals surface area (Å²) < 4.78 is 32.1. The predicted octanol–water partition coefficient (Wildman–Crippen LogP) is 5.59. The van der Waals surface area contributed by atoms with Crippen molar-refractivity contribution < 1.29 is 22.8 Å². The Kier molecular flexibility index (Phi) is 4.86. The number of hydrogen-bond acceptors (Lipinski definition) is 4. The second kappa shape index (κ2) is 7.31. The predicted molar refractivity (Wildman–Crippen MR) is 98.7 cm³/mol. The summed E-state index contributed by atoms with van der Waals surface area (Å²) in [6.07, 6.45) is 6.43. The number of halogens is 2.